The van der Waals surface area contributed by atoms with Crippen molar-refractivity contribution in [1.29, 1.82) is 0 Å². The summed E-state index contributed by atoms with van der Waals surface area (Å²) in [6.07, 6.45) is 0.223. The van der Waals surface area contributed by atoms with Gasteiger partial charge in [0.05, 0.1) is 6.20 Å². The van der Waals surface area contributed by atoms with E-state index in [9.17, 15) is 9.59 Å². The molecule has 2 amide bonds. The molecule has 7 nitrogen and oxygen atoms in total. The van der Waals surface area contributed by atoms with Gasteiger partial charge >= 0.3 is 12.1 Å². The molecule has 4 N–H and O–H groups in total. The molecule has 1 heterocycles. The van der Waals surface area contributed by atoms with Crippen LogP contribution >= 0.6 is 0 Å². The minimum absolute atomic E-state index is 0.102. The van der Waals surface area contributed by atoms with Crippen LogP contribution in [0.2, 0.25) is 0 Å². The fraction of sp³-hybridized carbons (Fsp3) is 0. The average Bonchev–Trinajstić information content (AvgIpc) is 2.33. The van der Waals surface area contributed by atoms with Crippen LogP contribution in [-0.4, -0.2) is 21.9 Å². The second-order valence-electron chi connectivity index (χ2n) is 1.84. The van der Waals surface area contributed by atoms with Crippen molar-refractivity contribution in [3.05, 3.63) is 12.3 Å². The predicted octanol–water partition coefficient (Wildman–Crippen LogP) is -0.733. The van der Waals surface area contributed by atoms with Gasteiger partial charge in [0.1, 0.15) is 0 Å². The molecule has 0 unspecified atom stereocenters. The Morgan fingerprint density at radius 1 is 1.50 bits per heavy atom. The number of hydrogen-bond acceptors (Lipinski definition) is 4. The zero-order chi connectivity index (χ0) is 9.14. The van der Waals surface area contributed by atoms with Gasteiger partial charge in [-0.1, -0.05) is 0 Å². The molecule has 0 aromatic carbocycles. The summed E-state index contributed by atoms with van der Waals surface area (Å²) in [6.45, 7) is 0. The molecular formula is C5H6N4O3. The zero-order valence-electron chi connectivity index (χ0n) is 5.93. The fourth-order valence-corrected chi connectivity index (χ4v) is 0.637. The van der Waals surface area contributed by atoms with Crippen LogP contribution in [0.3, 0.4) is 0 Å². The lowest BCUT2D eigenvalue weighted by Crippen LogP contribution is -2.25. The Labute approximate surface area is 66.9 Å². The van der Waals surface area contributed by atoms with E-state index in [0.717, 1.165) is 0 Å². The first-order valence-electron chi connectivity index (χ1n) is 2.92. The average molecular weight is 170 g/mol. The van der Waals surface area contributed by atoms with Gasteiger partial charge in [-0.15, -0.1) is 4.68 Å². The maximum Gasteiger partial charge on any atom is 0.411 e. The molecule has 64 valence electrons. The first-order valence-corrected chi connectivity index (χ1v) is 2.92. The number of nitrogens with zero attached hydrogens (tertiary/aromatic N) is 2. The van der Waals surface area contributed by atoms with Crippen molar-refractivity contribution in [2.75, 3.05) is 0 Å². The van der Waals surface area contributed by atoms with E-state index in [1.54, 1.807) is 0 Å². The first kappa shape index (κ1) is 8.05. The van der Waals surface area contributed by atoms with Gasteiger partial charge in [0.15, 0.2) is 0 Å². The maximum absolute atomic E-state index is 10.6. The Morgan fingerprint density at radius 2 is 2.17 bits per heavy atom. The summed E-state index contributed by atoms with van der Waals surface area (Å²) < 4.78 is 5.10. The highest BCUT2D eigenvalue weighted by Gasteiger charge is 2.09. The number of ether oxygens (including phenoxy) is 1. The smallest absolute Gasteiger partial charge is 0.391 e. The molecule has 0 fully saturated rings. The van der Waals surface area contributed by atoms with Crippen molar-refractivity contribution >= 4 is 12.1 Å². The van der Waals surface area contributed by atoms with Gasteiger partial charge in [-0.05, 0) is 0 Å². The maximum atomic E-state index is 10.6. The van der Waals surface area contributed by atoms with E-state index >= 15 is 0 Å². The summed E-state index contributed by atoms with van der Waals surface area (Å²) >= 11 is 0. The fourth-order valence-electron chi connectivity index (χ4n) is 0.637. The van der Waals surface area contributed by atoms with E-state index in [2.05, 4.69) is 9.84 Å². The Kier molecular flexibility index (Phi) is 1.95. The summed E-state index contributed by atoms with van der Waals surface area (Å²) in [5.74, 6) is -0.102. The van der Waals surface area contributed by atoms with Gasteiger partial charge in [0.25, 0.3) is 0 Å². The lowest BCUT2D eigenvalue weighted by atomic mass is 10.7. The van der Waals surface area contributed by atoms with E-state index in [1.807, 2.05) is 0 Å². The van der Waals surface area contributed by atoms with E-state index in [1.165, 1.54) is 12.3 Å². The monoisotopic (exact) mass is 170 g/mol. The van der Waals surface area contributed by atoms with Gasteiger partial charge in [0, 0.05) is 6.07 Å². The number of carbonyl (C=O) groups excluding carboxylic acids is 2. The summed E-state index contributed by atoms with van der Waals surface area (Å²) in [5.41, 5.74) is 9.56. The summed E-state index contributed by atoms with van der Waals surface area (Å²) in [6, 6.07) is 0.437. The molecule has 0 radical (unpaired) electrons. The van der Waals surface area contributed by atoms with Crippen LogP contribution in [-0.2, 0) is 0 Å². The lowest BCUT2D eigenvalue weighted by molar-refractivity contribution is 0.205. The van der Waals surface area contributed by atoms with Gasteiger partial charge in [-0.25, -0.2) is 9.59 Å². The number of hydrogen-bond donors (Lipinski definition) is 2. The molecule has 0 atom stereocenters. The third-order valence-electron chi connectivity index (χ3n) is 1.02. The van der Waals surface area contributed by atoms with Crippen molar-refractivity contribution in [2.24, 2.45) is 11.5 Å². The van der Waals surface area contributed by atoms with Crippen LogP contribution < -0.4 is 16.2 Å². The Balaban J connectivity index is 2.91. The Bertz CT molecular complexity index is 318. The molecular weight excluding hydrogens is 164 g/mol. The van der Waals surface area contributed by atoms with E-state index in [-0.39, 0.29) is 5.88 Å². The van der Waals surface area contributed by atoms with Crippen molar-refractivity contribution < 1.29 is 14.3 Å². The van der Waals surface area contributed by atoms with E-state index in [4.69, 9.17) is 11.5 Å². The lowest BCUT2D eigenvalue weighted by Gasteiger charge is -2.00. The van der Waals surface area contributed by atoms with Gasteiger partial charge in [-0.2, -0.15) is 5.10 Å². The molecule has 7 heteroatoms. The van der Waals surface area contributed by atoms with Crippen LogP contribution in [0.1, 0.15) is 0 Å². The van der Waals surface area contributed by atoms with Crippen molar-refractivity contribution in [2.45, 2.75) is 0 Å². The highest BCUT2D eigenvalue weighted by atomic mass is 16.6. The second kappa shape index (κ2) is 2.91. The normalized spacial score (nSPS) is 9.33. The molecule has 0 bridgehead atoms. The topological polar surface area (TPSA) is 113 Å². The van der Waals surface area contributed by atoms with Crippen LogP contribution in [0.4, 0.5) is 9.59 Å². The number of rotatable bonds is 1. The molecule has 0 aliphatic heterocycles. The first-order chi connectivity index (χ1) is 5.61. The Hall–Kier alpha value is -2.05. The highest BCUT2D eigenvalue weighted by Crippen LogP contribution is 2.07. The number of primary amides is 2. The second-order valence-corrected chi connectivity index (χ2v) is 1.84. The SMILES string of the molecule is NC(=O)Oc1ccnn1C(N)=O. The molecule has 0 saturated carbocycles. The molecule has 12 heavy (non-hydrogen) atoms. The minimum Gasteiger partial charge on any atom is -0.391 e. The summed E-state index contributed by atoms with van der Waals surface area (Å²) in [5, 5.41) is 3.48. The van der Waals surface area contributed by atoms with Crippen molar-refractivity contribution in [1.82, 2.24) is 9.78 Å². The van der Waals surface area contributed by atoms with Gasteiger partial charge in [0.2, 0.25) is 5.88 Å². The minimum atomic E-state index is -1.03. The van der Waals surface area contributed by atoms with E-state index in [0.29, 0.717) is 4.68 Å². The van der Waals surface area contributed by atoms with Crippen molar-refractivity contribution in [3.63, 3.8) is 0 Å². The molecule has 0 spiro atoms. The molecule has 0 aliphatic rings. The van der Waals surface area contributed by atoms with Gasteiger partial charge in [-0.3, -0.25) is 0 Å². The quantitative estimate of drug-likeness (QED) is 0.578. The molecule has 1 rings (SSSR count). The van der Waals surface area contributed by atoms with E-state index < -0.39 is 12.1 Å². The standard InChI is InChI=1S/C5H6N4O3/c6-4(10)9-3(1-2-8-9)12-5(7)11/h1-2H,(H2,6,10)(H2,7,11). The highest BCUT2D eigenvalue weighted by molar-refractivity contribution is 5.76. The third-order valence-corrected chi connectivity index (χ3v) is 1.02. The predicted molar refractivity (Wildman–Crippen MR) is 37.4 cm³/mol. The molecule has 0 saturated heterocycles. The number of aromatic nitrogens is 2. The van der Waals surface area contributed by atoms with Gasteiger partial charge < -0.3 is 16.2 Å². The Morgan fingerprint density at radius 3 is 2.67 bits per heavy atom. The third kappa shape index (κ3) is 1.51. The molecule has 1 aromatic heterocycles. The van der Waals surface area contributed by atoms with Crippen LogP contribution in [0.25, 0.3) is 0 Å². The molecule has 1 aromatic rings. The molecule has 0 aliphatic carbocycles. The van der Waals surface area contributed by atoms with Crippen LogP contribution in [0.5, 0.6) is 5.88 Å². The summed E-state index contributed by atoms with van der Waals surface area (Å²) in [7, 11) is 0. The number of nitrogens with two attached hydrogens (primary N) is 2. The largest absolute Gasteiger partial charge is 0.411 e. The van der Waals surface area contributed by atoms with Crippen LogP contribution in [0, 0.1) is 0 Å². The zero-order valence-corrected chi connectivity index (χ0v) is 5.93. The number of amides is 2. The number of carbonyl (C=O) groups is 2. The van der Waals surface area contributed by atoms with Crippen molar-refractivity contribution in [3.8, 4) is 5.88 Å². The van der Waals surface area contributed by atoms with Crippen LogP contribution in [0.15, 0.2) is 12.3 Å². The summed E-state index contributed by atoms with van der Waals surface area (Å²) in [4.78, 5) is 20.8.